The van der Waals surface area contributed by atoms with Crippen molar-refractivity contribution in [2.75, 3.05) is 11.5 Å². The molecule has 1 saturated heterocycles. The lowest BCUT2D eigenvalue weighted by Crippen LogP contribution is -2.71. The monoisotopic (exact) mass is 725 g/mol. The number of hydrogen-bond acceptors (Lipinski definition) is 13. The van der Waals surface area contributed by atoms with Crippen molar-refractivity contribution in [2.45, 2.75) is 44.0 Å². The van der Waals surface area contributed by atoms with Gasteiger partial charge in [0.15, 0.2) is 24.1 Å². The van der Waals surface area contributed by atoms with Gasteiger partial charge in [-0.05, 0) is 26.0 Å². The maximum absolute atomic E-state index is 13.4. The van der Waals surface area contributed by atoms with E-state index in [9.17, 15) is 29.4 Å². The number of β-lactam (4-membered cyclic amide) rings is 1. The summed E-state index contributed by atoms with van der Waals surface area (Å²) >= 11 is 3.57. The van der Waals surface area contributed by atoms with E-state index in [0.717, 1.165) is 32.2 Å². The molecule has 8 N–H and O–H groups in total. The second-order valence-electron chi connectivity index (χ2n) is 11.5. The van der Waals surface area contributed by atoms with Crippen molar-refractivity contribution in [1.82, 2.24) is 24.1 Å². The number of amides is 2. The number of carbonyl (C=O) groups is 4. The number of hydrogen-bond donors (Lipinski definition) is 6. The summed E-state index contributed by atoms with van der Waals surface area (Å²) < 4.78 is 7.85. The molecule has 49 heavy (non-hydrogen) atoms. The highest BCUT2D eigenvalue weighted by molar-refractivity contribution is 8.00. The number of amidine groups is 1. The lowest BCUT2D eigenvalue weighted by atomic mass is 10.0. The van der Waals surface area contributed by atoms with E-state index in [1.807, 2.05) is 51.3 Å². The highest BCUT2D eigenvalue weighted by Gasteiger charge is 2.55. The number of nitrogens with one attached hydrogen (secondary N) is 2. The molecule has 2 atom stereocenters. The lowest BCUT2D eigenvalue weighted by Gasteiger charge is -2.49. The van der Waals surface area contributed by atoms with Gasteiger partial charge in [0, 0.05) is 56.3 Å². The van der Waals surface area contributed by atoms with Crippen LogP contribution in [-0.2, 0) is 37.1 Å². The average molecular weight is 726 g/mol. The first-order chi connectivity index (χ1) is 23.2. The minimum atomic E-state index is -1.80. The molecule has 4 aromatic heterocycles. The van der Waals surface area contributed by atoms with Gasteiger partial charge in [-0.1, -0.05) is 5.16 Å². The second kappa shape index (κ2) is 12.9. The Balaban J connectivity index is 1.21. The number of nitrogen functional groups attached to an aromatic ring is 2. The van der Waals surface area contributed by atoms with Crippen LogP contribution in [0.1, 0.15) is 30.1 Å². The molecule has 6 heterocycles. The number of pyridine rings is 1. The van der Waals surface area contributed by atoms with E-state index in [0.29, 0.717) is 17.7 Å². The molecule has 1 fully saturated rings. The molecule has 4 aromatic rings. The number of aliphatic carboxylic acids is 2. The first-order valence-electron chi connectivity index (χ1n) is 14.4. The topological polar surface area (TPSA) is 256 Å². The van der Waals surface area contributed by atoms with E-state index in [1.165, 1.54) is 36.9 Å². The molecule has 17 nitrogen and oxygen atoms in total. The normalized spacial score (nSPS) is 17.9. The van der Waals surface area contributed by atoms with Crippen LogP contribution in [0.4, 0.5) is 5.13 Å². The minimum absolute atomic E-state index is 0.00559. The SMILES string of the molecule is CC(C)(ON=C(C(=O)N[C@@H]1C(=O)N2C(C(=O)O)=C(C[n+]3ccc4ccn(Cc5cc(C(=N)N)cs5)c4c3)CS[C@H]12)c1nsc(N)n1)C(=O)O. The quantitative estimate of drug-likeness (QED) is 0.0390. The van der Waals surface area contributed by atoms with Crippen LogP contribution in [0.5, 0.6) is 0 Å². The van der Waals surface area contributed by atoms with Crippen molar-refractivity contribution < 1.29 is 38.8 Å². The molecule has 20 heteroatoms. The Morgan fingerprint density at radius 3 is 2.71 bits per heavy atom. The number of thioether (sulfide) groups is 1. The third-order valence-electron chi connectivity index (χ3n) is 7.72. The highest BCUT2D eigenvalue weighted by Crippen LogP contribution is 2.40. The minimum Gasteiger partial charge on any atom is -0.478 e. The van der Waals surface area contributed by atoms with Gasteiger partial charge in [-0.2, -0.15) is 13.9 Å². The smallest absolute Gasteiger partial charge is 0.352 e. The van der Waals surface area contributed by atoms with E-state index in [1.54, 1.807) is 0 Å². The van der Waals surface area contributed by atoms with Gasteiger partial charge in [0.05, 0.1) is 6.54 Å². The predicted octanol–water partition coefficient (Wildman–Crippen LogP) is 0.779. The number of nitrogens with two attached hydrogens (primary N) is 2. The molecule has 0 radical (unpaired) electrons. The molecule has 0 aromatic carbocycles. The fraction of sp³-hybridized carbons (Fsp3) is 0.276. The van der Waals surface area contributed by atoms with Crippen LogP contribution in [-0.4, -0.2) is 87.1 Å². The van der Waals surface area contributed by atoms with Gasteiger partial charge in [0.2, 0.25) is 17.1 Å². The summed E-state index contributed by atoms with van der Waals surface area (Å²) in [6, 6.07) is 4.66. The number of fused-ring (bicyclic) bond motifs is 2. The van der Waals surface area contributed by atoms with E-state index < -0.39 is 46.5 Å². The van der Waals surface area contributed by atoms with Crippen LogP contribution < -0.4 is 21.4 Å². The van der Waals surface area contributed by atoms with Crippen molar-refractivity contribution in [1.29, 1.82) is 5.41 Å². The number of nitrogens with zero attached hydrogens (tertiary/aromatic N) is 6. The Hall–Kier alpha value is -5.34. The first-order valence-corrected chi connectivity index (χ1v) is 17.1. The summed E-state index contributed by atoms with van der Waals surface area (Å²) in [6.45, 7) is 3.21. The number of aromatic nitrogens is 4. The Morgan fingerprint density at radius 2 is 2.06 bits per heavy atom. The Bertz CT molecular complexity index is 2100. The molecular weight excluding hydrogens is 697 g/mol. The fourth-order valence-electron chi connectivity index (χ4n) is 5.13. The van der Waals surface area contributed by atoms with E-state index in [4.69, 9.17) is 21.7 Å². The maximum Gasteiger partial charge on any atom is 0.352 e. The molecule has 2 aliphatic heterocycles. The first kappa shape index (κ1) is 33.6. The molecule has 0 saturated carbocycles. The van der Waals surface area contributed by atoms with Crippen LogP contribution in [0, 0.1) is 5.41 Å². The van der Waals surface area contributed by atoms with Gasteiger partial charge in [0.1, 0.15) is 28.5 Å². The summed E-state index contributed by atoms with van der Waals surface area (Å²) in [7, 11) is 0. The number of thiophene rings is 1. The van der Waals surface area contributed by atoms with Crippen molar-refractivity contribution >= 4 is 86.0 Å². The zero-order valence-corrected chi connectivity index (χ0v) is 28.3. The molecule has 2 aliphatic rings. The van der Waals surface area contributed by atoms with Crippen LogP contribution in [0.2, 0.25) is 0 Å². The highest BCUT2D eigenvalue weighted by atomic mass is 32.2. The number of rotatable bonds is 12. The van der Waals surface area contributed by atoms with E-state index >= 15 is 0 Å². The molecule has 0 unspecified atom stereocenters. The van der Waals surface area contributed by atoms with Crippen molar-refractivity contribution in [3.05, 3.63) is 69.7 Å². The largest absolute Gasteiger partial charge is 0.478 e. The Morgan fingerprint density at radius 1 is 1.29 bits per heavy atom. The average Bonchev–Trinajstić information content (AvgIpc) is 3.80. The van der Waals surface area contributed by atoms with Gasteiger partial charge >= 0.3 is 11.9 Å². The number of oxime groups is 1. The lowest BCUT2D eigenvalue weighted by molar-refractivity contribution is -0.687. The molecule has 0 aliphatic carbocycles. The fourth-order valence-corrected chi connectivity index (χ4v) is 7.78. The van der Waals surface area contributed by atoms with Gasteiger partial charge in [0.25, 0.3) is 11.8 Å². The van der Waals surface area contributed by atoms with Crippen molar-refractivity contribution in [3.8, 4) is 0 Å². The zero-order valence-electron chi connectivity index (χ0n) is 25.8. The zero-order chi connectivity index (χ0) is 35.2. The van der Waals surface area contributed by atoms with Gasteiger partial charge < -0.3 is 36.4 Å². The molecule has 254 valence electrons. The molecule has 6 rings (SSSR count). The number of carbonyl (C=O) groups excluding carboxylic acids is 2. The predicted molar refractivity (Wildman–Crippen MR) is 180 cm³/mol. The van der Waals surface area contributed by atoms with E-state index in [-0.39, 0.29) is 34.8 Å². The summed E-state index contributed by atoms with van der Waals surface area (Å²) in [4.78, 5) is 61.9. The summed E-state index contributed by atoms with van der Waals surface area (Å²) in [6.07, 6.45) is 5.70. The number of carboxylic acid groups (broad SMARTS) is 2. The van der Waals surface area contributed by atoms with Crippen molar-refractivity contribution in [3.63, 3.8) is 0 Å². The van der Waals surface area contributed by atoms with Crippen molar-refractivity contribution in [2.24, 2.45) is 10.9 Å². The second-order valence-corrected chi connectivity index (χ2v) is 14.4. The molecule has 0 spiro atoms. The van der Waals surface area contributed by atoms with Gasteiger partial charge in [-0.15, -0.1) is 23.1 Å². The summed E-state index contributed by atoms with van der Waals surface area (Å²) in [5, 5.41) is 35.6. The summed E-state index contributed by atoms with van der Waals surface area (Å²) in [5.41, 5.74) is 10.9. The van der Waals surface area contributed by atoms with Gasteiger partial charge in [-0.3, -0.25) is 19.9 Å². The van der Waals surface area contributed by atoms with E-state index in [2.05, 4.69) is 19.8 Å². The third-order valence-corrected chi connectivity index (χ3v) is 10.5. The summed E-state index contributed by atoms with van der Waals surface area (Å²) in [5.74, 6) is -4.17. The number of anilines is 1. The van der Waals surface area contributed by atoms with Crippen LogP contribution >= 0.6 is 34.6 Å². The Kier molecular flexibility index (Phi) is 8.86. The molecule has 2 amide bonds. The number of carboxylic acids is 2. The van der Waals surface area contributed by atoms with Gasteiger partial charge in [-0.25, -0.2) is 9.59 Å². The Labute approximate surface area is 289 Å². The third kappa shape index (κ3) is 6.56. The molecule has 0 bridgehead atoms. The van der Waals surface area contributed by atoms with Crippen LogP contribution in [0.15, 0.2) is 58.6 Å². The maximum atomic E-state index is 13.4. The standard InChI is InChI=1S/C29H28N10O7S3/c1-29(2,27(44)45)46-35-18(22-34-28(32)49-36-22)23(40)33-19-24(41)39-20(26(42)43)15(12-48-25(19)39)8-37-5-3-13-4-6-38(17(13)10-37)9-16-7-14(11-47-16)21(30)31/h3-7,10-11,19,25H,8-9,12H2,1-2H3,(H7-,30,31,32,33,34,36,40,42,43,44,45)/p+1/t19-,25-/m1/s1. The van der Waals surface area contributed by atoms with Crippen LogP contribution in [0.3, 0.4) is 0 Å². The molecular formula is C29H29N10O7S3+. The van der Waals surface area contributed by atoms with Crippen LogP contribution in [0.25, 0.3) is 10.9 Å².